The summed E-state index contributed by atoms with van der Waals surface area (Å²) in [7, 11) is 4.63. The zero-order chi connectivity index (χ0) is 25.2. The van der Waals surface area contributed by atoms with Crippen molar-refractivity contribution in [2.24, 2.45) is 0 Å². The van der Waals surface area contributed by atoms with Gasteiger partial charge >= 0.3 is 5.97 Å². The minimum Gasteiger partial charge on any atom is -0.497 e. The molecule has 0 saturated carbocycles. The van der Waals surface area contributed by atoms with Gasteiger partial charge in [-0.2, -0.15) is 4.98 Å². The van der Waals surface area contributed by atoms with Gasteiger partial charge in [-0.3, -0.25) is 0 Å². The third-order valence-corrected chi connectivity index (χ3v) is 5.52. The number of methoxy groups -OCH3 is 3. The first kappa shape index (κ1) is 25.8. The van der Waals surface area contributed by atoms with Gasteiger partial charge in [0.25, 0.3) is 0 Å². The third-order valence-electron chi connectivity index (χ3n) is 5.52. The van der Waals surface area contributed by atoms with E-state index in [1.165, 1.54) is 7.11 Å². The normalized spacial score (nSPS) is 10.5. The summed E-state index contributed by atoms with van der Waals surface area (Å²) in [5.74, 6) is 1.76. The highest BCUT2D eigenvalue weighted by molar-refractivity contribution is 5.93. The number of aromatic nitrogens is 2. The van der Waals surface area contributed by atoms with Crippen LogP contribution in [0.15, 0.2) is 48.5 Å². The summed E-state index contributed by atoms with van der Waals surface area (Å²) in [6.07, 6.45) is 1.81. The summed E-state index contributed by atoms with van der Waals surface area (Å²) in [6.45, 7) is 5.38. The van der Waals surface area contributed by atoms with Crippen LogP contribution in [0.5, 0.6) is 17.4 Å². The molecule has 35 heavy (non-hydrogen) atoms. The van der Waals surface area contributed by atoms with Gasteiger partial charge in [0.05, 0.1) is 33.6 Å². The number of carbonyl (C=O) groups is 1. The molecule has 0 fully saturated rings. The maximum absolute atomic E-state index is 12.5. The van der Waals surface area contributed by atoms with E-state index in [0.29, 0.717) is 31.3 Å². The summed E-state index contributed by atoms with van der Waals surface area (Å²) in [4.78, 5) is 23.9. The molecule has 186 valence electrons. The van der Waals surface area contributed by atoms with E-state index in [0.717, 1.165) is 35.5 Å². The van der Waals surface area contributed by atoms with Crippen LogP contribution in [0.2, 0.25) is 0 Å². The number of aryl methyl sites for hydroxylation is 1. The van der Waals surface area contributed by atoms with Crippen molar-refractivity contribution in [2.45, 2.75) is 39.8 Å². The molecular weight excluding hydrogens is 446 g/mol. The van der Waals surface area contributed by atoms with Crippen LogP contribution in [0.25, 0.3) is 0 Å². The SMILES string of the molecule is CCCCOc1nc(N(Cc2ccc(OC)cc2)Cc2ccc(OC)cc2)nc(C)c1C(=O)OC. The van der Waals surface area contributed by atoms with E-state index in [2.05, 4.69) is 16.9 Å². The molecule has 0 spiro atoms. The summed E-state index contributed by atoms with van der Waals surface area (Å²) in [6, 6.07) is 15.7. The second-order valence-corrected chi connectivity index (χ2v) is 8.03. The average Bonchev–Trinajstić information content (AvgIpc) is 2.88. The third kappa shape index (κ3) is 6.85. The van der Waals surface area contributed by atoms with Gasteiger partial charge in [-0.1, -0.05) is 37.6 Å². The molecule has 3 aromatic rings. The van der Waals surface area contributed by atoms with Crippen molar-refractivity contribution in [1.29, 1.82) is 0 Å². The van der Waals surface area contributed by atoms with Crippen LogP contribution < -0.4 is 19.1 Å². The first-order chi connectivity index (χ1) is 17.0. The van der Waals surface area contributed by atoms with Gasteiger partial charge in [0.15, 0.2) is 0 Å². The van der Waals surface area contributed by atoms with Crippen molar-refractivity contribution >= 4 is 11.9 Å². The summed E-state index contributed by atoms with van der Waals surface area (Å²) >= 11 is 0. The molecule has 0 N–H and O–H groups in total. The highest BCUT2D eigenvalue weighted by Gasteiger charge is 2.23. The van der Waals surface area contributed by atoms with Crippen molar-refractivity contribution in [3.8, 4) is 17.4 Å². The van der Waals surface area contributed by atoms with Crippen LogP contribution in [0.1, 0.15) is 46.9 Å². The minimum atomic E-state index is -0.516. The Hall–Kier alpha value is -3.81. The Kier molecular flexibility index (Phi) is 9.29. The molecule has 1 heterocycles. The number of anilines is 1. The molecule has 3 rings (SSSR count). The predicted octanol–water partition coefficient (Wildman–Crippen LogP) is 4.97. The molecule has 8 heteroatoms. The molecule has 0 radical (unpaired) electrons. The van der Waals surface area contributed by atoms with E-state index in [1.807, 2.05) is 53.4 Å². The second kappa shape index (κ2) is 12.6. The lowest BCUT2D eigenvalue weighted by Crippen LogP contribution is -2.26. The lowest BCUT2D eigenvalue weighted by Gasteiger charge is -2.25. The molecule has 2 aromatic carbocycles. The lowest BCUT2D eigenvalue weighted by molar-refractivity contribution is 0.0593. The van der Waals surface area contributed by atoms with Crippen LogP contribution in [-0.2, 0) is 17.8 Å². The molecule has 0 aliphatic carbocycles. The van der Waals surface area contributed by atoms with Gasteiger partial charge in [-0.15, -0.1) is 0 Å². The zero-order valence-electron chi connectivity index (χ0n) is 21.0. The van der Waals surface area contributed by atoms with E-state index < -0.39 is 5.97 Å². The lowest BCUT2D eigenvalue weighted by atomic mass is 10.1. The molecule has 0 saturated heterocycles. The molecular formula is C27H33N3O5. The Bertz CT molecular complexity index is 1050. The Balaban J connectivity index is 2.00. The first-order valence-corrected chi connectivity index (χ1v) is 11.6. The predicted molar refractivity (Wildman–Crippen MR) is 134 cm³/mol. The second-order valence-electron chi connectivity index (χ2n) is 8.03. The molecule has 0 atom stereocenters. The minimum absolute atomic E-state index is 0.238. The first-order valence-electron chi connectivity index (χ1n) is 11.6. The topological polar surface area (TPSA) is 83.0 Å². The number of hydrogen-bond acceptors (Lipinski definition) is 8. The number of hydrogen-bond donors (Lipinski definition) is 0. The molecule has 0 amide bonds. The van der Waals surface area contributed by atoms with Gasteiger partial charge in [-0.05, 0) is 48.7 Å². The highest BCUT2D eigenvalue weighted by Crippen LogP contribution is 2.26. The summed E-state index contributed by atoms with van der Waals surface area (Å²) in [5.41, 5.74) is 2.88. The Morgan fingerprint density at radius 1 is 0.857 bits per heavy atom. The van der Waals surface area contributed by atoms with E-state index in [4.69, 9.17) is 18.9 Å². The van der Waals surface area contributed by atoms with Gasteiger partial charge < -0.3 is 23.8 Å². The summed E-state index contributed by atoms with van der Waals surface area (Å²) < 4.78 is 21.5. The van der Waals surface area contributed by atoms with Crippen LogP contribution >= 0.6 is 0 Å². The summed E-state index contributed by atoms with van der Waals surface area (Å²) in [5, 5.41) is 0. The number of ether oxygens (including phenoxy) is 4. The monoisotopic (exact) mass is 479 g/mol. The van der Waals surface area contributed by atoms with Crippen LogP contribution in [-0.4, -0.2) is 43.9 Å². The fourth-order valence-electron chi connectivity index (χ4n) is 3.53. The molecule has 0 bridgehead atoms. The number of esters is 1. The number of nitrogens with zero attached hydrogens (tertiary/aromatic N) is 3. The fraction of sp³-hybridized carbons (Fsp3) is 0.370. The largest absolute Gasteiger partial charge is 0.497 e. The average molecular weight is 480 g/mol. The molecule has 8 nitrogen and oxygen atoms in total. The number of rotatable bonds is 12. The Morgan fingerprint density at radius 2 is 1.40 bits per heavy atom. The molecule has 0 aliphatic heterocycles. The van der Waals surface area contributed by atoms with Crippen LogP contribution in [0.3, 0.4) is 0 Å². The van der Waals surface area contributed by atoms with Crippen molar-refractivity contribution in [3.63, 3.8) is 0 Å². The van der Waals surface area contributed by atoms with Gasteiger partial charge in [-0.25, -0.2) is 9.78 Å². The van der Waals surface area contributed by atoms with E-state index in [9.17, 15) is 4.79 Å². The number of unbranched alkanes of at least 4 members (excludes halogenated alkanes) is 1. The fourth-order valence-corrected chi connectivity index (χ4v) is 3.53. The van der Waals surface area contributed by atoms with E-state index >= 15 is 0 Å². The van der Waals surface area contributed by atoms with Crippen molar-refractivity contribution in [2.75, 3.05) is 32.8 Å². The molecule has 0 unspecified atom stereocenters. The van der Waals surface area contributed by atoms with Crippen molar-refractivity contribution < 1.29 is 23.7 Å². The Morgan fingerprint density at radius 3 is 1.86 bits per heavy atom. The Labute approximate surface area is 206 Å². The standard InChI is InChI=1S/C27H33N3O5/c1-6-7-16-35-25-24(26(31)34-5)19(2)28-27(29-25)30(17-20-8-12-22(32-3)13-9-20)18-21-10-14-23(33-4)15-11-21/h8-15H,6-7,16-18H2,1-5H3. The van der Waals surface area contributed by atoms with E-state index in [-0.39, 0.29) is 11.4 Å². The van der Waals surface area contributed by atoms with Crippen molar-refractivity contribution in [1.82, 2.24) is 9.97 Å². The zero-order valence-corrected chi connectivity index (χ0v) is 21.0. The quantitative estimate of drug-likeness (QED) is 0.266. The molecule has 0 aliphatic rings. The van der Waals surface area contributed by atoms with Crippen molar-refractivity contribution in [3.05, 3.63) is 70.9 Å². The van der Waals surface area contributed by atoms with Gasteiger partial charge in [0, 0.05) is 13.1 Å². The van der Waals surface area contributed by atoms with Gasteiger partial charge in [0.1, 0.15) is 17.1 Å². The number of benzene rings is 2. The number of carbonyl (C=O) groups excluding carboxylic acids is 1. The van der Waals surface area contributed by atoms with Crippen LogP contribution in [0.4, 0.5) is 5.95 Å². The van der Waals surface area contributed by atoms with E-state index in [1.54, 1.807) is 21.1 Å². The molecule has 1 aromatic heterocycles. The highest BCUT2D eigenvalue weighted by atomic mass is 16.5. The maximum Gasteiger partial charge on any atom is 0.345 e. The van der Waals surface area contributed by atoms with Gasteiger partial charge in [0.2, 0.25) is 11.8 Å². The van der Waals surface area contributed by atoms with Crippen LogP contribution in [0, 0.1) is 6.92 Å². The smallest absolute Gasteiger partial charge is 0.345 e. The maximum atomic E-state index is 12.5.